The number of benzene rings is 2. The number of nitrogens with two attached hydrogens (primary N) is 1. The Hall–Kier alpha value is -2.36. The zero-order valence-corrected chi connectivity index (χ0v) is 15.6. The first-order valence-electron chi connectivity index (χ1n) is 7.23. The van der Waals surface area contributed by atoms with Crippen LogP contribution in [0.4, 0.5) is 11.4 Å². The molecule has 0 heterocycles. The van der Waals surface area contributed by atoms with Gasteiger partial charge in [-0.3, -0.25) is 20.2 Å². The maximum atomic E-state index is 10.3. The third-order valence-corrected chi connectivity index (χ3v) is 3.48. The lowest BCUT2D eigenvalue weighted by molar-refractivity contribution is -0.385. The van der Waals surface area contributed by atoms with Crippen LogP contribution in [0, 0.1) is 20.2 Å². The first kappa shape index (κ1) is 22.6. The van der Waals surface area contributed by atoms with Crippen molar-refractivity contribution in [3.63, 3.8) is 0 Å². The molecule has 0 aliphatic carbocycles. The quantitative estimate of drug-likeness (QED) is 0.440. The zero-order chi connectivity index (χ0) is 19.2. The molecular formula is C16H21BrN4O4. The Morgan fingerprint density at radius 2 is 1.24 bits per heavy atom. The molecule has 0 saturated carbocycles. The van der Waals surface area contributed by atoms with E-state index in [-0.39, 0.29) is 11.4 Å². The van der Waals surface area contributed by atoms with Gasteiger partial charge in [0.15, 0.2) is 0 Å². The van der Waals surface area contributed by atoms with E-state index in [1.165, 1.54) is 31.3 Å². The lowest BCUT2D eigenvalue weighted by Gasteiger charge is -1.97. The van der Waals surface area contributed by atoms with E-state index in [1.54, 1.807) is 24.3 Å². The first-order valence-corrected chi connectivity index (χ1v) is 8.35. The van der Waals surface area contributed by atoms with Gasteiger partial charge in [-0.1, -0.05) is 40.2 Å². The highest BCUT2D eigenvalue weighted by atomic mass is 79.9. The van der Waals surface area contributed by atoms with Crippen molar-refractivity contribution >= 4 is 27.3 Å². The Morgan fingerprint density at radius 3 is 1.52 bits per heavy atom. The number of nitro groups is 2. The smallest absolute Gasteiger partial charge is 0.269 e. The number of nitrogens with one attached hydrogen (secondary N) is 1. The molecule has 0 aliphatic rings. The molecule has 0 unspecified atom stereocenters. The van der Waals surface area contributed by atoms with Crippen molar-refractivity contribution in [2.75, 3.05) is 14.1 Å². The van der Waals surface area contributed by atoms with Crippen LogP contribution >= 0.6 is 15.9 Å². The molecule has 0 amide bonds. The van der Waals surface area contributed by atoms with Crippen LogP contribution in [0.5, 0.6) is 0 Å². The van der Waals surface area contributed by atoms with E-state index in [2.05, 4.69) is 27.0 Å². The highest BCUT2D eigenvalue weighted by molar-refractivity contribution is 9.08. The van der Waals surface area contributed by atoms with E-state index in [1.807, 2.05) is 7.05 Å². The summed E-state index contributed by atoms with van der Waals surface area (Å²) in [5.41, 5.74) is 6.85. The van der Waals surface area contributed by atoms with Gasteiger partial charge in [0.05, 0.1) is 9.85 Å². The van der Waals surface area contributed by atoms with Crippen molar-refractivity contribution in [2.24, 2.45) is 5.73 Å². The van der Waals surface area contributed by atoms with Gasteiger partial charge in [0.1, 0.15) is 0 Å². The Bertz CT molecular complexity index is 648. The summed E-state index contributed by atoms with van der Waals surface area (Å²) >= 11 is 3.25. The minimum Gasteiger partial charge on any atom is -0.333 e. The first-order chi connectivity index (χ1) is 12.0. The molecule has 0 atom stereocenters. The van der Waals surface area contributed by atoms with Gasteiger partial charge in [-0.15, -0.1) is 0 Å². The van der Waals surface area contributed by atoms with Crippen LogP contribution in [-0.4, -0.2) is 23.9 Å². The highest BCUT2D eigenvalue weighted by Crippen LogP contribution is 2.13. The summed E-state index contributed by atoms with van der Waals surface area (Å²) in [6.07, 6.45) is 0. The predicted octanol–water partition coefficient (Wildman–Crippen LogP) is 3.38. The van der Waals surface area contributed by atoms with Crippen LogP contribution in [0.25, 0.3) is 0 Å². The average Bonchev–Trinajstić information content (AvgIpc) is 2.64. The lowest BCUT2D eigenvalue weighted by atomic mass is 10.2. The normalized spacial score (nSPS) is 9.12. The Kier molecular flexibility index (Phi) is 11.8. The highest BCUT2D eigenvalue weighted by Gasteiger charge is 2.03. The third kappa shape index (κ3) is 8.89. The van der Waals surface area contributed by atoms with Gasteiger partial charge in [0, 0.05) is 36.1 Å². The van der Waals surface area contributed by atoms with Crippen LogP contribution in [0.1, 0.15) is 11.1 Å². The molecule has 2 aromatic carbocycles. The fraction of sp³-hybridized carbons (Fsp3) is 0.250. The molecule has 0 bridgehead atoms. The molecule has 0 aromatic heterocycles. The van der Waals surface area contributed by atoms with E-state index in [9.17, 15) is 20.2 Å². The van der Waals surface area contributed by atoms with Crippen molar-refractivity contribution in [3.8, 4) is 0 Å². The number of hydrogen-bond acceptors (Lipinski definition) is 6. The fourth-order valence-corrected chi connectivity index (χ4v) is 2.02. The topological polar surface area (TPSA) is 124 Å². The second kappa shape index (κ2) is 13.0. The Labute approximate surface area is 154 Å². The van der Waals surface area contributed by atoms with Crippen molar-refractivity contribution in [2.45, 2.75) is 11.9 Å². The molecule has 3 N–H and O–H groups in total. The Balaban J connectivity index is 0.000000421. The molecule has 9 heteroatoms. The SMILES string of the molecule is CN.CNCc1ccc([N+](=O)[O-])cc1.O=[N+]([O-])c1ccc(CBr)cc1. The largest absolute Gasteiger partial charge is 0.333 e. The van der Waals surface area contributed by atoms with Gasteiger partial charge in [0.2, 0.25) is 0 Å². The van der Waals surface area contributed by atoms with Gasteiger partial charge in [-0.2, -0.15) is 0 Å². The molecule has 0 spiro atoms. The minimum atomic E-state index is -0.405. The third-order valence-electron chi connectivity index (χ3n) is 2.83. The summed E-state index contributed by atoms with van der Waals surface area (Å²) < 4.78 is 0. The molecular weight excluding hydrogens is 392 g/mol. The molecule has 2 rings (SSSR count). The number of nitro benzene ring substituents is 2. The fourth-order valence-electron chi connectivity index (χ4n) is 1.65. The maximum absolute atomic E-state index is 10.3. The molecule has 136 valence electrons. The van der Waals surface area contributed by atoms with Crippen LogP contribution < -0.4 is 11.1 Å². The molecule has 0 aliphatic heterocycles. The molecule has 25 heavy (non-hydrogen) atoms. The summed E-state index contributed by atoms with van der Waals surface area (Å²) in [4.78, 5) is 19.7. The average molecular weight is 413 g/mol. The van der Waals surface area contributed by atoms with E-state index in [0.29, 0.717) is 0 Å². The molecule has 0 fully saturated rings. The van der Waals surface area contributed by atoms with Gasteiger partial charge in [-0.25, -0.2) is 0 Å². The number of nitrogens with zero attached hydrogens (tertiary/aromatic N) is 2. The number of hydrogen-bond donors (Lipinski definition) is 2. The van der Waals surface area contributed by atoms with Crippen LogP contribution in [0.2, 0.25) is 0 Å². The summed E-state index contributed by atoms with van der Waals surface area (Å²) in [6.45, 7) is 0.734. The number of alkyl halides is 1. The number of rotatable bonds is 5. The van der Waals surface area contributed by atoms with Crippen LogP contribution in [0.15, 0.2) is 48.5 Å². The summed E-state index contributed by atoms with van der Waals surface area (Å²) in [5, 5.41) is 24.1. The molecule has 0 radical (unpaired) electrons. The lowest BCUT2D eigenvalue weighted by Crippen LogP contribution is -2.04. The van der Waals surface area contributed by atoms with Crippen LogP contribution in [-0.2, 0) is 11.9 Å². The minimum absolute atomic E-state index is 0.134. The monoisotopic (exact) mass is 412 g/mol. The van der Waals surface area contributed by atoms with Gasteiger partial charge in [0.25, 0.3) is 11.4 Å². The summed E-state index contributed by atoms with van der Waals surface area (Å²) in [6, 6.07) is 13.0. The Morgan fingerprint density at radius 1 is 0.880 bits per heavy atom. The van der Waals surface area contributed by atoms with Crippen molar-refractivity contribution in [3.05, 3.63) is 79.9 Å². The van der Waals surface area contributed by atoms with Gasteiger partial charge in [-0.05, 0) is 25.2 Å². The van der Waals surface area contributed by atoms with Crippen LogP contribution in [0.3, 0.4) is 0 Å². The molecule has 2 aromatic rings. The van der Waals surface area contributed by atoms with E-state index in [4.69, 9.17) is 0 Å². The number of non-ortho nitro benzene ring substituents is 2. The molecule has 0 saturated heterocycles. The summed E-state index contributed by atoms with van der Waals surface area (Å²) in [7, 11) is 3.33. The van der Waals surface area contributed by atoms with E-state index >= 15 is 0 Å². The molecule has 8 nitrogen and oxygen atoms in total. The van der Waals surface area contributed by atoms with Crippen molar-refractivity contribution in [1.29, 1.82) is 0 Å². The number of halogens is 1. The van der Waals surface area contributed by atoms with Crippen molar-refractivity contribution in [1.82, 2.24) is 5.32 Å². The zero-order valence-electron chi connectivity index (χ0n) is 14.0. The second-order valence-electron chi connectivity index (χ2n) is 4.51. The van der Waals surface area contributed by atoms with Gasteiger partial charge < -0.3 is 11.1 Å². The van der Waals surface area contributed by atoms with Gasteiger partial charge >= 0.3 is 0 Å². The predicted molar refractivity (Wildman–Crippen MR) is 102 cm³/mol. The second-order valence-corrected chi connectivity index (χ2v) is 5.07. The standard InChI is InChI=1S/C8H10N2O2.C7H6BrNO2.CH5N/c1-9-6-7-2-4-8(5-3-7)10(11)12;8-5-6-1-3-7(4-2-6)9(10)11;1-2/h2-5,9H,6H2,1H3;1-4H,5H2;2H2,1H3. The summed E-state index contributed by atoms with van der Waals surface area (Å²) in [5.74, 6) is 0. The van der Waals surface area contributed by atoms with E-state index < -0.39 is 9.85 Å². The van der Waals surface area contributed by atoms with Crippen molar-refractivity contribution < 1.29 is 9.85 Å². The van der Waals surface area contributed by atoms with E-state index in [0.717, 1.165) is 23.0 Å². The maximum Gasteiger partial charge on any atom is 0.269 e.